The first-order chi connectivity index (χ1) is 19.9. The third kappa shape index (κ3) is 5.89. The Kier molecular flexibility index (Phi) is 7.04. The van der Waals surface area contributed by atoms with Gasteiger partial charge in [0.25, 0.3) is 0 Å². The van der Waals surface area contributed by atoms with Gasteiger partial charge in [0.15, 0.2) is 10.9 Å². The van der Waals surface area contributed by atoms with Crippen LogP contribution in [0.2, 0.25) is 0 Å². The van der Waals surface area contributed by atoms with Crippen molar-refractivity contribution in [2.24, 2.45) is 0 Å². The van der Waals surface area contributed by atoms with E-state index in [2.05, 4.69) is 40.9 Å². The van der Waals surface area contributed by atoms with Gasteiger partial charge < -0.3 is 30.0 Å². The van der Waals surface area contributed by atoms with Crippen molar-refractivity contribution in [3.63, 3.8) is 0 Å². The second-order valence-electron chi connectivity index (χ2n) is 11.6. The lowest BCUT2D eigenvalue weighted by Crippen LogP contribution is -2.29. The summed E-state index contributed by atoms with van der Waals surface area (Å²) in [6.45, 7) is 8.22. The standard InChI is InChI=1S/C21H18N4O2S.C10H13BO3/c1-21(2)10-13-7-6-12(8-16(13)27-21)14-9-18(24-11-23-14)26-15-4-3-5-17-19(15)25-20(22)28-17;1-10(2)6-7-3-4-8(11(12)13)5-9(7)14-10/h3-9,11H,10H2,1-2H3,(H2,22,25);3-5,12-13H,6H2,1-2H3. The molecule has 4 N–H and O–H groups in total. The second-order valence-corrected chi connectivity index (χ2v) is 12.7. The van der Waals surface area contributed by atoms with Gasteiger partial charge in [-0.15, -0.1) is 0 Å². The maximum atomic E-state index is 8.99. The molecule has 42 heavy (non-hydrogen) atoms. The Morgan fingerprint density at radius 1 is 0.881 bits per heavy atom. The number of ether oxygens (including phenoxy) is 3. The summed E-state index contributed by atoms with van der Waals surface area (Å²) in [6, 6.07) is 19.0. The first-order valence-electron chi connectivity index (χ1n) is 13.6. The van der Waals surface area contributed by atoms with E-state index in [4.69, 9.17) is 30.0 Å². The van der Waals surface area contributed by atoms with Gasteiger partial charge in [0.05, 0.1) is 10.4 Å². The first-order valence-corrected chi connectivity index (χ1v) is 14.4. The lowest BCUT2D eigenvalue weighted by molar-refractivity contribution is 0.138. The molecule has 2 aliphatic rings. The Labute approximate surface area is 248 Å². The molecule has 3 aromatic carbocycles. The molecule has 0 radical (unpaired) electrons. The summed E-state index contributed by atoms with van der Waals surface area (Å²) in [5, 5.41) is 18.5. The fourth-order valence-electron chi connectivity index (χ4n) is 5.20. The number of fused-ring (bicyclic) bond motifs is 3. The van der Waals surface area contributed by atoms with Crippen LogP contribution in [0.15, 0.2) is 67.0 Å². The van der Waals surface area contributed by atoms with Gasteiger partial charge in [-0.2, -0.15) is 0 Å². The van der Waals surface area contributed by atoms with E-state index in [0.717, 1.165) is 51.4 Å². The quantitative estimate of drug-likeness (QED) is 0.253. The van der Waals surface area contributed by atoms with Crippen molar-refractivity contribution < 1.29 is 24.3 Å². The number of nitrogen functional groups attached to an aromatic ring is 1. The zero-order chi connectivity index (χ0) is 29.6. The number of para-hydroxylation sites is 1. The number of hydrogen-bond donors (Lipinski definition) is 3. The summed E-state index contributed by atoms with van der Waals surface area (Å²) in [4.78, 5) is 13.0. The second kappa shape index (κ2) is 10.6. The average Bonchev–Trinajstić information content (AvgIpc) is 3.57. The largest absolute Gasteiger partial charge is 0.488 e. The van der Waals surface area contributed by atoms with Crippen LogP contribution in [0, 0.1) is 0 Å². The SMILES string of the molecule is CC1(C)Cc2ccc(-c3cc(Oc4cccc5sc(N)nc45)ncn3)cc2O1.CC1(C)Cc2ccc(B(O)O)cc2O1. The Morgan fingerprint density at radius 3 is 2.29 bits per heavy atom. The van der Waals surface area contributed by atoms with Gasteiger partial charge >= 0.3 is 7.12 Å². The van der Waals surface area contributed by atoms with E-state index < -0.39 is 7.12 Å². The van der Waals surface area contributed by atoms with Crippen LogP contribution in [0.1, 0.15) is 38.8 Å². The molecule has 0 aliphatic carbocycles. The van der Waals surface area contributed by atoms with Crippen molar-refractivity contribution in [2.75, 3.05) is 5.73 Å². The summed E-state index contributed by atoms with van der Waals surface area (Å²) in [5.41, 5.74) is 10.8. The van der Waals surface area contributed by atoms with Gasteiger partial charge in [0, 0.05) is 24.5 Å². The van der Waals surface area contributed by atoms with Gasteiger partial charge in [0.2, 0.25) is 5.88 Å². The highest BCUT2D eigenvalue weighted by Crippen LogP contribution is 2.38. The topological polar surface area (TPSA) is 133 Å². The summed E-state index contributed by atoms with van der Waals surface area (Å²) >= 11 is 1.43. The van der Waals surface area contributed by atoms with Crippen molar-refractivity contribution in [3.8, 4) is 34.4 Å². The fourth-order valence-corrected chi connectivity index (χ4v) is 5.95. The van der Waals surface area contributed by atoms with Crippen LogP contribution in [-0.2, 0) is 12.8 Å². The Balaban J connectivity index is 0.000000189. The lowest BCUT2D eigenvalue weighted by atomic mass is 9.80. The normalized spacial score (nSPS) is 15.6. The number of nitrogens with two attached hydrogens (primary N) is 1. The van der Waals surface area contributed by atoms with Crippen LogP contribution < -0.4 is 25.4 Å². The Hall–Kier alpha value is -4.19. The maximum absolute atomic E-state index is 8.99. The molecule has 9 nitrogen and oxygen atoms in total. The molecule has 0 saturated carbocycles. The molecule has 4 heterocycles. The molecule has 2 aliphatic heterocycles. The van der Waals surface area contributed by atoms with Gasteiger partial charge in [-0.3, -0.25) is 0 Å². The van der Waals surface area contributed by atoms with Crippen molar-refractivity contribution in [1.82, 2.24) is 15.0 Å². The molecule has 0 fully saturated rings. The number of hydrogen-bond acceptors (Lipinski definition) is 10. The summed E-state index contributed by atoms with van der Waals surface area (Å²) < 4.78 is 18.7. The van der Waals surface area contributed by atoms with Crippen LogP contribution in [0.3, 0.4) is 0 Å². The monoisotopic (exact) mass is 582 g/mol. The summed E-state index contributed by atoms with van der Waals surface area (Å²) in [7, 11) is -1.42. The van der Waals surface area contributed by atoms with Crippen molar-refractivity contribution >= 4 is 39.3 Å². The number of thiazole rings is 1. The third-order valence-corrected chi connectivity index (χ3v) is 7.86. The third-order valence-electron chi connectivity index (χ3n) is 7.01. The molecule has 0 bridgehead atoms. The first kappa shape index (κ1) is 28.0. The predicted octanol–water partition coefficient (Wildman–Crippen LogP) is 4.92. The minimum Gasteiger partial charge on any atom is -0.487 e. The predicted molar refractivity (Wildman–Crippen MR) is 165 cm³/mol. The molecule has 2 aromatic heterocycles. The zero-order valence-electron chi connectivity index (χ0n) is 23.8. The molecule has 0 amide bonds. The summed E-state index contributed by atoms with van der Waals surface area (Å²) in [6.07, 6.45) is 3.27. The number of anilines is 1. The molecular weight excluding hydrogens is 551 g/mol. The van der Waals surface area contributed by atoms with Crippen LogP contribution in [-0.4, -0.2) is 43.3 Å². The molecule has 7 rings (SSSR count). The van der Waals surface area contributed by atoms with E-state index in [1.807, 2.05) is 50.2 Å². The number of nitrogens with zero attached hydrogens (tertiary/aromatic N) is 3. The van der Waals surface area contributed by atoms with E-state index >= 15 is 0 Å². The molecule has 214 valence electrons. The fraction of sp³-hybridized carbons (Fsp3) is 0.258. The van der Waals surface area contributed by atoms with Crippen molar-refractivity contribution in [2.45, 2.75) is 51.7 Å². The molecule has 0 saturated heterocycles. The van der Waals surface area contributed by atoms with Gasteiger partial charge in [-0.1, -0.05) is 41.7 Å². The molecule has 5 aromatic rings. The molecule has 0 unspecified atom stereocenters. The van der Waals surface area contributed by atoms with Crippen LogP contribution in [0.5, 0.6) is 23.1 Å². The average molecular weight is 582 g/mol. The molecule has 11 heteroatoms. The minimum atomic E-state index is -1.42. The number of rotatable bonds is 4. The highest BCUT2D eigenvalue weighted by Gasteiger charge is 2.31. The number of benzene rings is 3. The van der Waals surface area contributed by atoms with Gasteiger partial charge in [0.1, 0.15) is 34.5 Å². The zero-order valence-corrected chi connectivity index (χ0v) is 24.6. The van der Waals surface area contributed by atoms with E-state index in [9.17, 15) is 0 Å². The van der Waals surface area contributed by atoms with Crippen LogP contribution >= 0.6 is 11.3 Å². The van der Waals surface area contributed by atoms with E-state index in [1.54, 1.807) is 12.1 Å². The van der Waals surface area contributed by atoms with Gasteiger partial charge in [-0.25, -0.2) is 15.0 Å². The van der Waals surface area contributed by atoms with Crippen molar-refractivity contribution in [1.29, 1.82) is 0 Å². The minimum absolute atomic E-state index is 0.172. The highest BCUT2D eigenvalue weighted by molar-refractivity contribution is 7.22. The maximum Gasteiger partial charge on any atom is 0.488 e. The Bertz CT molecular complexity index is 1790. The van der Waals surface area contributed by atoms with Gasteiger partial charge in [-0.05, 0) is 68.6 Å². The number of aromatic nitrogens is 3. The highest BCUT2D eigenvalue weighted by atomic mass is 32.1. The van der Waals surface area contributed by atoms with E-state index in [0.29, 0.717) is 22.2 Å². The molecule has 0 atom stereocenters. The lowest BCUT2D eigenvalue weighted by Gasteiger charge is -2.16. The van der Waals surface area contributed by atoms with Crippen LogP contribution in [0.25, 0.3) is 21.5 Å². The van der Waals surface area contributed by atoms with Crippen LogP contribution in [0.4, 0.5) is 5.13 Å². The Morgan fingerprint density at radius 2 is 1.57 bits per heavy atom. The molecular formula is C31H31BN4O5S. The van der Waals surface area contributed by atoms with E-state index in [-0.39, 0.29) is 11.2 Å². The molecule has 0 spiro atoms. The summed E-state index contributed by atoms with van der Waals surface area (Å²) in [5.74, 6) is 2.74. The van der Waals surface area contributed by atoms with E-state index in [1.165, 1.54) is 23.2 Å². The van der Waals surface area contributed by atoms with Crippen molar-refractivity contribution in [3.05, 3.63) is 78.1 Å². The smallest absolute Gasteiger partial charge is 0.487 e.